The smallest absolute Gasteiger partial charge is 0.170 e. The molecule has 3 aromatic carbocycles. The lowest BCUT2D eigenvalue weighted by Gasteiger charge is -2.13. The van der Waals surface area contributed by atoms with Crippen molar-refractivity contribution in [3.05, 3.63) is 179 Å². The number of carbonyl (C=O) groups excluding carboxylic acids is 3. The third-order valence-electron chi connectivity index (χ3n) is 8.04. The maximum atomic E-state index is 12.0. The molecule has 3 unspecified atom stereocenters. The molecule has 6 rings (SSSR count). The second kappa shape index (κ2) is 16.8. The van der Waals surface area contributed by atoms with E-state index in [-0.39, 0.29) is 35.1 Å². The maximum absolute atomic E-state index is 12.0. The monoisotopic (exact) mass is 594 g/mol. The minimum Gasteiger partial charge on any atom is -0.294 e. The Morgan fingerprint density at radius 1 is 0.422 bits per heavy atom. The second-order valence-electron chi connectivity index (χ2n) is 11.6. The largest absolute Gasteiger partial charge is 0.294 e. The molecule has 0 N–H and O–H groups in total. The van der Waals surface area contributed by atoms with E-state index in [1.165, 1.54) is 16.7 Å². The Bertz CT molecular complexity index is 1440. The minimum absolute atomic E-state index is 0.0242. The predicted octanol–water partition coefficient (Wildman–Crippen LogP) is 10.2. The number of Topliss-reactive ketones (excluding diaryl/α,β-unsaturated/α-hetero) is 3. The molecule has 3 aliphatic rings. The summed E-state index contributed by atoms with van der Waals surface area (Å²) in [6.45, 7) is 6.17. The number of benzene rings is 3. The first kappa shape index (κ1) is 33.0. The number of hydrogen-bond acceptors (Lipinski definition) is 3. The van der Waals surface area contributed by atoms with E-state index in [9.17, 15) is 14.4 Å². The van der Waals surface area contributed by atoms with Gasteiger partial charge in [0.2, 0.25) is 0 Å². The number of ketones is 3. The van der Waals surface area contributed by atoms with Gasteiger partial charge in [0.05, 0.1) is 0 Å². The second-order valence-corrected chi connectivity index (χ2v) is 11.6. The predicted molar refractivity (Wildman–Crippen MR) is 185 cm³/mol. The summed E-state index contributed by atoms with van der Waals surface area (Å²) in [5.74, 6) is 0.727. The van der Waals surface area contributed by atoms with Gasteiger partial charge in [-0.15, -0.1) is 0 Å². The Balaban J connectivity index is 0.000000154. The van der Waals surface area contributed by atoms with Crippen molar-refractivity contribution in [3.8, 4) is 0 Å². The van der Waals surface area contributed by atoms with Crippen molar-refractivity contribution in [1.29, 1.82) is 0 Å². The van der Waals surface area contributed by atoms with Crippen LogP contribution in [0.2, 0.25) is 0 Å². The van der Waals surface area contributed by atoms with Crippen molar-refractivity contribution in [2.75, 3.05) is 0 Å². The van der Waals surface area contributed by atoms with E-state index in [0.29, 0.717) is 0 Å². The SMILES string of the molecule is CC1=CCC(C(=O)c2ccccc2)C=C1.CC1=CCC(C(=O)c2ccccc2)C=C1.CC1=CCC(C(=O)c2ccccc2)C=C1. The molecule has 0 saturated heterocycles. The van der Waals surface area contributed by atoms with Crippen LogP contribution in [0, 0.1) is 17.8 Å². The number of carbonyl (C=O) groups is 3. The molecule has 0 heterocycles. The van der Waals surface area contributed by atoms with Crippen molar-refractivity contribution in [2.24, 2.45) is 17.8 Å². The van der Waals surface area contributed by atoms with Crippen molar-refractivity contribution < 1.29 is 14.4 Å². The summed E-state index contributed by atoms with van der Waals surface area (Å²) in [6.07, 6.45) is 20.9. The first-order chi connectivity index (χ1) is 21.8. The molecule has 3 heteroatoms. The zero-order chi connectivity index (χ0) is 32.0. The van der Waals surface area contributed by atoms with Crippen molar-refractivity contribution in [3.63, 3.8) is 0 Å². The quantitative estimate of drug-likeness (QED) is 0.267. The highest BCUT2D eigenvalue weighted by molar-refractivity contribution is 6.00. The average molecular weight is 595 g/mol. The molecule has 3 nitrogen and oxygen atoms in total. The Kier molecular flexibility index (Phi) is 12.3. The fourth-order valence-electron chi connectivity index (χ4n) is 5.21. The number of hydrogen-bond donors (Lipinski definition) is 0. The van der Waals surface area contributed by atoms with Crippen LogP contribution in [0.3, 0.4) is 0 Å². The lowest BCUT2D eigenvalue weighted by molar-refractivity contribution is 0.0937. The van der Waals surface area contributed by atoms with E-state index < -0.39 is 0 Å². The highest BCUT2D eigenvalue weighted by Gasteiger charge is 2.19. The zero-order valence-electron chi connectivity index (χ0n) is 26.4. The van der Waals surface area contributed by atoms with Gasteiger partial charge >= 0.3 is 0 Å². The summed E-state index contributed by atoms with van der Waals surface area (Å²) in [5.41, 5.74) is 6.15. The van der Waals surface area contributed by atoms with E-state index in [1.807, 2.05) is 127 Å². The highest BCUT2D eigenvalue weighted by Crippen LogP contribution is 2.22. The Morgan fingerprint density at radius 3 is 0.867 bits per heavy atom. The fraction of sp³-hybridized carbons (Fsp3) is 0.214. The zero-order valence-corrected chi connectivity index (χ0v) is 26.4. The lowest BCUT2D eigenvalue weighted by Crippen LogP contribution is -2.13. The summed E-state index contributed by atoms with van der Waals surface area (Å²) in [4.78, 5) is 36.1. The van der Waals surface area contributed by atoms with Crippen LogP contribution in [-0.2, 0) is 0 Å². The van der Waals surface area contributed by atoms with Gasteiger partial charge < -0.3 is 0 Å². The molecule has 228 valence electrons. The molecular weight excluding hydrogens is 552 g/mol. The standard InChI is InChI=1S/3C14H14O/c3*1-11-7-9-13(10-8-11)14(15)12-5-3-2-4-6-12/h3*2-9,13H,10H2,1H3. The van der Waals surface area contributed by atoms with Crippen LogP contribution < -0.4 is 0 Å². The lowest BCUT2D eigenvalue weighted by atomic mass is 9.90. The van der Waals surface area contributed by atoms with Gasteiger partial charge in [-0.25, -0.2) is 0 Å². The first-order valence-electron chi connectivity index (χ1n) is 15.6. The molecule has 0 bridgehead atoms. The van der Waals surface area contributed by atoms with Gasteiger partial charge in [-0.1, -0.05) is 162 Å². The number of allylic oxidation sites excluding steroid dienone is 12. The van der Waals surface area contributed by atoms with Gasteiger partial charge in [0, 0.05) is 34.4 Å². The van der Waals surface area contributed by atoms with Crippen LogP contribution in [0.25, 0.3) is 0 Å². The third kappa shape index (κ3) is 10.1. The topological polar surface area (TPSA) is 51.2 Å². The van der Waals surface area contributed by atoms with Crippen LogP contribution >= 0.6 is 0 Å². The van der Waals surface area contributed by atoms with Gasteiger partial charge in [-0.05, 0) is 40.0 Å². The third-order valence-corrected chi connectivity index (χ3v) is 8.04. The summed E-state index contributed by atoms with van der Waals surface area (Å²) in [5, 5.41) is 0. The molecule has 0 amide bonds. The summed E-state index contributed by atoms with van der Waals surface area (Å²) < 4.78 is 0. The molecule has 0 aliphatic heterocycles. The van der Waals surface area contributed by atoms with Crippen LogP contribution in [0.5, 0.6) is 0 Å². The summed E-state index contributed by atoms with van der Waals surface area (Å²) in [6, 6.07) is 28.5. The van der Waals surface area contributed by atoms with Crippen molar-refractivity contribution >= 4 is 17.3 Å². The Hall–Kier alpha value is -4.89. The Labute approximate surface area is 268 Å². The van der Waals surface area contributed by atoms with Gasteiger partial charge in [0.15, 0.2) is 17.3 Å². The molecule has 0 spiro atoms. The van der Waals surface area contributed by atoms with E-state index in [2.05, 4.69) is 39.0 Å². The molecule has 0 saturated carbocycles. The normalized spacial score (nSPS) is 19.8. The molecule has 0 aromatic heterocycles. The fourth-order valence-corrected chi connectivity index (χ4v) is 5.21. The van der Waals surface area contributed by atoms with Gasteiger partial charge in [-0.2, -0.15) is 0 Å². The summed E-state index contributed by atoms with van der Waals surface area (Å²) in [7, 11) is 0. The minimum atomic E-state index is 0.0242. The molecule has 45 heavy (non-hydrogen) atoms. The molecule has 3 aromatic rings. The van der Waals surface area contributed by atoms with Crippen LogP contribution in [0.15, 0.2) is 162 Å². The molecule has 3 atom stereocenters. The molecule has 3 aliphatic carbocycles. The van der Waals surface area contributed by atoms with Crippen molar-refractivity contribution in [1.82, 2.24) is 0 Å². The van der Waals surface area contributed by atoms with E-state index in [4.69, 9.17) is 0 Å². The van der Waals surface area contributed by atoms with E-state index in [1.54, 1.807) is 0 Å². The van der Waals surface area contributed by atoms with Gasteiger partial charge in [0.25, 0.3) is 0 Å². The van der Waals surface area contributed by atoms with Crippen LogP contribution in [0.1, 0.15) is 71.1 Å². The van der Waals surface area contributed by atoms with Crippen LogP contribution in [0.4, 0.5) is 0 Å². The molecular formula is C42H42O3. The van der Waals surface area contributed by atoms with Gasteiger partial charge in [0.1, 0.15) is 0 Å². The van der Waals surface area contributed by atoms with Crippen LogP contribution in [-0.4, -0.2) is 17.3 Å². The average Bonchev–Trinajstić information content (AvgIpc) is 3.10. The molecule has 0 fully saturated rings. The van der Waals surface area contributed by atoms with Gasteiger partial charge in [-0.3, -0.25) is 14.4 Å². The summed E-state index contributed by atoms with van der Waals surface area (Å²) >= 11 is 0. The molecule has 0 radical (unpaired) electrons. The van der Waals surface area contributed by atoms with E-state index in [0.717, 1.165) is 36.0 Å². The van der Waals surface area contributed by atoms with E-state index >= 15 is 0 Å². The highest BCUT2D eigenvalue weighted by atomic mass is 16.1. The Morgan fingerprint density at radius 2 is 0.667 bits per heavy atom. The van der Waals surface area contributed by atoms with Crippen molar-refractivity contribution in [2.45, 2.75) is 40.0 Å². The number of rotatable bonds is 6. The maximum Gasteiger partial charge on any atom is 0.170 e. The first-order valence-corrected chi connectivity index (χ1v) is 15.6.